The van der Waals surface area contributed by atoms with E-state index < -0.39 is 0 Å². The Morgan fingerprint density at radius 2 is 2.18 bits per heavy atom. The first-order chi connectivity index (χ1) is 10.7. The molecule has 0 bridgehead atoms. The molecule has 1 amide bonds. The highest BCUT2D eigenvalue weighted by Crippen LogP contribution is 2.16. The van der Waals surface area contributed by atoms with Crippen LogP contribution >= 0.6 is 0 Å². The molecule has 0 radical (unpaired) electrons. The molecular formula is C17H19N3O2. The molecule has 22 heavy (non-hydrogen) atoms. The highest BCUT2D eigenvalue weighted by Gasteiger charge is 2.18. The van der Waals surface area contributed by atoms with Crippen LogP contribution in [0.5, 0.6) is 0 Å². The number of ether oxygens (including phenoxy) is 1. The summed E-state index contributed by atoms with van der Waals surface area (Å²) in [5.41, 5.74) is 2.13. The van der Waals surface area contributed by atoms with Gasteiger partial charge in [-0.05, 0) is 19.8 Å². The van der Waals surface area contributed by atoms with Gasteiger partial charge in [-0.15, -0.1) is 0 Å². The van der Waals surface area contributed by atoms with Crippen molar-refractivity contribution in [2.45, 2.75) is 25.9 Å². The van der Waals surface area contributed by atoms with Gasteiger partial charge in [0.2, 0.25) is 0 Å². The predicted octanol–water partition coefficient (Wildman–Crippen LogP) is 2.36. The first-order valence-corrected chi connectivity index (χ1v) is 7.53. The Hall–Kier alpha value is -2.27. The zero-order valence-corrected chi connectivity index (χ0v) is 12.6. The molecule has 2 aromatic rings. The minimum absolute atomic E-state index is 0.133. The number of aryl methyl sites for hydroxylation is 1. The molecule has 1 aliphatic rings. The maximum Gasteiger partial charge on any atom is 0.254 e. The lowest BCUT2D eigenvalue weighted by molar-refractivity contribution is 0.0856. The summed E-state index contributed by atoms with van der Waals surface area (Å²) < 4.78 is 5.50. The molecule has 3 rings (SSSR count). The number of benzene rings is 1. The van der Waals surface area contributed by atoms with E-state index in [-0.39, 0.29) is 12.0 Å². The monoisotopic (exact) mass is 297 g/mol. The summed E-state index contributed by atoms with van der Waals surface area (Å²) >= 11 is 0. The lowest BCUT2D eigenvalue weighted by atomic mass is 10.1. The SMILES string of the molecule is Cc1nc(-c2ccccc2)ncc1C(=O)NCC1CCCO1. The summed E-state index contributed by atoms with van der Waals surface area (Å²) in [7, 11) is 0. The Kier molecular flexibility index (Phi) is 4.44. The van der Waals surface area contributed by atoms with Gasteiger partial charge in [-0.25, -0.2) is 9.97 Å². The highest BCUT2D eigenvalue weighted by atomic mass is 16.5. The van der Waals surface area contributed by atoms with Crippen LogP contribution in [0.3, 0.4) is 0 Å². The summed E-state index contributed by atoms with van der Waals surface area (Å²) in [5, 5.41) is 2.90. The van der Waals surface area contributed by atoms with E-state index in [1.165, 1.54) is 0 Å². The van der Waals surface area contributed by atoms with Gasteiger partial charge in [0.25, 0.3) is 5.91 Å². The van der Waals surface area contributed by atoms with E-state index in [1.807, 2.05) is 37.3 Å². The molecule has 1 aromatic heterocycles. The number of rotatable bonds is 4. The van der Waals surface area contributed by atoms with Gasteiger partial charge in [-0.3, -0.25) is 4.79 Å². The Balaban J connectivity index is 1.70. The summed E-state index contributed by atoms with van der Waals surface area (Å²) in [6.45, 7) is 3.16. The van der Waals surface area contributed by atoms with Crippen LogP contribution < -0.4 is 5.32 Å². The van der Waals surface area contributed by atoms with Crippen molar-refractivity contribution < 1.29 is 9.53 Å². The van der Waals surface area contributed by atoms with E-state index >= 15 is 0 Å². The van der Waals surface area contributed by atoms with Crippen LogP contribution in [0, 0.1) is 6.92 Å². The van der Waals surface area contributed by atoms with E-state index in [4.69, 9.17) is 4.74 Å². The normalized spacial score (nSPS) is 17.4. The van der Waals surface area contributed by atoms with Crippen molar-refractivity contribution in [3.8, 4) is 11.4 Å². The van der Waals surface area contributed by atoms with E-state index in [2.05, 4.69) is 15.3 Å². The molecule has 114 valence electrons. The first kappa shape index (κ1) is 14.7. The molecule has 1 aromatic carbocycles. The zero-order valence-electron chi connectivity index (χ0n) is 12.6. The summed E-state index contributed by atoms with van der Waals surface area (Å²) in [6.07, 6.45) is 3.79. The fourth-order valence-corrected chi connectivity index (χ4v) is 2.52. The van der Waals surface area contributed by atoms with Gasteiger partial charge in [-0.2, -0.15) is 0 Å². The summed E-state index contributed by atoms with van der Waals surface area (Å²) in [5.74, 6) is 0.487. The van der Waals surface area contributed by atoms with Crippen LogP contribution in [-0.4, -0.2) is 35.1 Å². The Morgan fingerprint density at radius 1 is 1.36 bits per heavy atom. The number of nitrogens with zero attached hydrogens (tertiary/aromatic N) is 2. The molecule has 2 heterocycles. The van der Waals surface area contributed by atoms with Crippen LogP contribution in [0.4, 0.5) is 0 Å². The quantitative estimate of drug-likeness (QED) is 0.941. The van der Waals surface area contributed by atoms with E-state index in [1.54, 1.807) is 6.20 Å². The second-order valence-electron chi connectivity index (χ2n) is 5.40. The van der Waals surface area contributed by atoms with Crippen molar-refractivity contribution >= 4 is 5.91 Å². The van der Waals surface area contributed by atoms with Crippen molar-refractivity contribution in [1.29, 1.82) is 0 Å². The third-order valence-corrected chi connectivity index (χ3v) is 3.77. The average Bonchev–Trinajstić information content (AvgIpc) is 3.07. The third kappa shape index (κ3) is 3.31. The summed E-state index contributed by atoms with van der Waals surface area (Å²) in [4.78, 5) is 21.0. The molecule has 1 N–H and O–H groups in total. The van der Waals surface area contributed by atoms with E-state index in [0.717, 1.165) is 25.0 Å². The van der Waals surface area contributed by atoms with E-state index in [0.29, 0.717) is 23.6 Å². The molecular weight excluding hydrogens is 278 g/mol. The molecule has 1 unspecified atom stereocenters. The number of hydrogen-bond donors (Lipinski definition) is 1. The predicted molar refractivity (Wildman–Crippen MR) is 83.5 cm³/mol. The standard InChI is InChI=1S/C17H19N3O2/c1-12-15(17(21)19-10-14-8-5-9-22-14)11-18-16(20-12)13-6-3-2-4-7-13/h2-4,6-7,11,14H,5,8-10H2,1H3,(H,19,21). The second kappa shape index (κ2) is 6.66. The molecule has 1 atom stereocenters. The van der Waals surface area contributed by atoms with Gasteiger partial charge in [-0.1, -0.05) is 30.3 Å². The third-order valence-electron chi connectivity index (χ3n) is 3.77. The van der Waals surface area contributed by atoms with Gasteiger partial charge < -0.3 is 10.1 Å². The van der Waals surface area contributed by atoms with Gasteiger partial charge in [0.05, 0.1) is 17.4 Å². The maximum atomic E-state index is 12.2. The number of hydrogen-bond acceptors (Lipinski definition) is 4. The minimum Gasteiger partial charge on any atom is -0.376 e. The van der Waals surface area contributed by atoms with Crippen molar-refractivity contribution in [2.24, 2.45) is 0 Å². The number of nitrogens with one attached hydrogen (secondary N) is 1. The second-order valence-corrected chi connectivity index (χ2v) is 5.40. The first-order valence-electron chi connectivity index (χ1n) is 7.53. The van der Waals surface area contributed by atoms with Crippen LogP contribution in [0.2, 0.25) is 0 Å². The fraction of sp³-hybridized carbons (Fsp3) is 0.353. The molecule has 5 heteroatoms. The average molecular weight is 297 g/mol. The lowest BCUT2D eigenvalue weighted by Gasteiger charge is -2.12. The van der Waals surface area contributed by atoms with Crippen LogP contribution in [0.1, 0.15) is 28.9 Å². The fourth-order valence-electron chi connectivity index (χ4n) is 2.52. The van der Waals surface area contributed by atoms with Gasteiger partial charge >= 0.3 is 0 Å². The largest absolute Gasteiger partial charge is 0.376 e. The lowest BCUT2D eigenvalue weighted by Crippen LogP contribution is -2.32. The van der Waals surface area contributed by atoms with Crippen molar-refractivity contribution in [3.05, 3.63) is 47.8 Å². The highest BCUT2D eigenvalue weighted by molar-refractivity contribution is 5.95. The van der Waals surface area contributed by atoms with E-state index in [9.17, 15) is 4.79 Å². The smallest absolute Gasteiger partial charge is 0.254 e. The number of amides is 1. The van der Waals surface area contributed by atoms with Crippen molar-refractivity contribution in [2.75, 3.05) is 13.2 Å². The van der Waals surface area contributed by atoms with Crippen LogP contribution in [0.25, 0.3) is 11.4 Å². The Labute approximate surface area is 129 Å². The summed E-state index contributed by atoms with van der Waals surface area (Å²) in [6, 6.07) is 9.73. The number of carbonyl (C=O) groups excluding carboxylic acids is 1. The Morgan fingerprint density at radius 3 is 2.86 bits per heavy atom. The molecule has 1 fully saturated rings. The maximum absolute atomic E-state index is 12.2. The van der Waals surface area contributed by atoms with Gasteiger partial charge in [0.1, 0.15) is 0 Å². The molecule has 1 saturated heterocycles. The Bertz CT molecular complexity index is 652. The van der Waals surface area contributed by atoms with Gasteiger partial charge in [0, 0.05) is 24.9 Å². The molecule has 0 saturated carbocycles. The molecule has 1 aliphatic heterocycles. The molecule has 0 aliphatic carbocycles. The number of aromatic nitrogens is 2. The minimum atomic E-state index is -0.146. The van der Waals surface area contributed by atoms with Gasteiger partial charge in [0.15, 0.2) is 5.82 Å². The molecule has 5 nitrogen and oxygen atoms in total. The van der Waals surface area contributed by atoms with Crippen LogP contribution in [0.15, 0.2) is 36.5 Å². The van der Waals surface area contributed by atoms with Crippen molar-refractivity contribution in [1.82, 2.24) is 15.3 Å². The zero-order chi connectivity index (χ0) is 15.4. The number of carbonyl (C=O) groups is 1. The van der Waals surface area contributed by atoms with Crippen LogP contribution in [-0.2, 0) is 4.74 Å². The topological polar surface area (TPSA) is 64.1 Å². The molecule has 0 spiro atoms. The van der Waals surface area contributed by atoms with Crippen molar-refractivity contribution in [3.63, 3.8) is 0 Å².